The molecule has 5 heteroatoms. The largest absolute Gasteiger partial charge is 1.00 e. The zero-order chi connectivity index (χ0) is 34.6. The second-order valence-corrected chi connectivity index (χ2v) is 13.1. The normalized spacial score (nSPS) is 11.3. The Labute approximate surface area is 317 Å². The summed E-state index contributed by atoms with van der Waals surface area (Å²) in [5.41, 5.74) is 9.80. The average molecular weight is 672 g/mol. The number of benzene rings is 8. The number of nitrogens with zero attached hydrogens (tertiary/aromatic N) is 3. The monoisotopic (exact) mass is 671 g/mol. The molecule has 0 saturated heterocycles. The first-order chi connectivity index (χ1) is 25.7. The molecule has 3 heterocycles. The molecule has 0 spiro atoms. The number of para-hydroxylation sites is 3. The molecule has 0 amide bonds. The van der Waals surface area contributed by atoms with Crippen molar-refractivity contribution in [1.29, 1.82) is 0 Å². The van der Waals surface area contributed by atoms with Crippen LogP contribution in [0.2, 0.25) is 0 Å². The van der Waals surface area contributed by atoms with Crippen molar-refractivity contribution in [2.45, 2.75) is 0 Å². The topological polar surface area (TPSA) is 53.2 Å². The number of imidazole rings is 1. The summed E-state index contributed by atoms with van der Waals surface area (Å²) in [6.45, 7) is 0. The van der Waals surface area contributed by atoms with Crippen LogP contribution < -0.4 is 24.0 Å². The Hall–Kier alpha value is -6.44. The maximum absolute atomic E-state index is 11.1. The van der Waals surface area contributed by atoms with Crippen molar-refractivity contribution in [3.63, 3.8) is 0 Å². The van der Waals surface area contributed by atoms with E-state index in [1.165, 1.54) is 71.5 Å². The Kier molecular flexibility index (Phi) is 8.13. The van der Waals surface area contributed by atoms with Gasteiger partial charge in [0.25, 0.3) is 0 Å². The van der Waals surface area contributed by atoms with E-state index in [-0.39, 0.29) is 24.6 Å². The van der Waals surface area contributed by atoms with Crippen molar-refractivity contribution in [2.24, 2.45) is 0 Å². The first-order valence-corrected chi connectivity index (χ1v) is 17.5. The van der Waals surface area contributed by atoms with Gasteiger partial charge in [-0.15, -0.1) is 0 Å². The van der Waals surface area contributed by atoms with Gasteiger partial charge in [-0.05, 0) is 78.8 Å². The minimum Gasteiger partial charge on any atom is -0.871 e. The van der Waals surface area contributed by atoms with E-state index in [2.05, 4.69) is 155 Å². The summed E-state index contributed by atoms with van der Waals surface area (Å²) in [6, 6.07) is 61.4. The Bertz CT molecular complexity index is 3150. The number of pyridine rings is 2. The summed E-state index contributed by atoms with van der Waals surface area (Å²) >= 11 is 0. The van der Waals surface area contributed by atoms with Gasteiger partial charge in [-0.3, -0.25) is 9.38 Å². The quantitative estimate of drug-likeness (QED) is 0.136. The van der Waals surface area contributed by atoms with E-state index in [1.54, 1.807) is 12.3 Å². The molecule has 0 atom stereocenters. The van der Waals surface area contributed by atoms with Crippen LogP contribution in [0.1, 0.15) is 0 Å². The van der Waals surface area contributed by atoms with E-state index in [0.29, 0.717) is 5.52 Å². The van der Waals surface area contributed by atoms with Gasteiger partial charge >= 0.3 is 18.9 Å². The molecule has 4 nitrogen and oxygen atoms in total. The molecule has 0 aliphatic heterocycles. The number of hydrogen-bond donors (Lipinski definition) is 0. The molecule has 0 aliphatic carbocycles. The van der Waals surface area contributed by atoms with Crippen LogP contribution in [0.15, 0.2) is 182 Å². The van der Waals surface area contributed by atoms with Crippen molar-refractivity contribution in [2.75, 3.05) is 0 Å². The van der Waals surface area contributed by atoms with Crippen molar-refractivity contribution in [3.8, 4) is 28.0 Å². The van der Waals surface area contributed by atoms with Crippen LogP contribution in [0.4, 0.5) is 0 Å². The van der Waals surface area contributed by atoms with E-state index < -0.39 is 0 Å². The fourth-order valence-corrected chi connectivity index (χ4v) is 7.78. The van der Waals surface area contributed by atoms with Gasteiger partial charge in [0.05, 0.1) is 22.1 Å². The third-order valence-corrected chi connectivity index (χ3v) is 10.2. The van der Waals surface area contributed by atoms with Crippen molar-refractivity contribution >= 4 is 70.8 Å². The zero-order valence-corrected chi connectivity index (χ0v) is 29.1. The summed E-state index contributed by atoms with van der Waals surface area (Å²) in [4.78, 5) is 9.17. The minimum absolute atomic E-state index is 0. The molecule has 8 aromatic carbocycles. The Balaban J connectivity index is 0.000000267. The van der Waals surface area contributed by atoms with Crippen LogP contribution in [-0.4, -0.2) is 14.4 Å². The molecule has 0 aliphatic rings. The molecule has 11 aromatic rings. The number of hydrogen-bond acceptors (Lipinski definition) is 3. The maximum atomic E-state index is 11.1. The molecule has 3 aromatic heterocycles. The number of fused-ring (bicyclic) bond motifs is 12. The van der Waals surface area contributed by atoms with Gasteiger partial charge in [-0.25, -0.2) is 4.98 Å². The standard InChI is InChI=1S/C39H24N2.C9H7NO.Li/c1-2-10-25(11-3-1)28-22-23-29(32-15-7-6-14-31(28)32)27-19-20-33-34-21-18-26-12-4-5-13-30(26)38(34)39-40-35-16-8-9-17-36(35)41(39)37(33)24-27;11-8-5-1-3-7-4-2-6-10-9(7)8;/h1-24H;1-6,11H;/q;;+1/p-1. The number of aromatic nitrogens is 3. The molecule has 0 bridgehead atoms. The summed E-state index contributed by atoms with van der Waals surface area (Å²) in [7, 11) is 0. The molecule has 244 valence electrons. The minimum atomic E-state index is -0.0110. The second kappa shape index (κ2) is 13.3. The maximum Gasteiger partial charge on any atom is 1.00 e. The van der Waals surface area contributed by atoms with Crippen molar-refractivity contribution < 1.29 is 24.0 Å². The molecular formula is C48H30LiN3O. The number of rotatable bonds is 2. The van der Waals surface area contributed by atoms with E-state index >= 15 is 0 Å². The fourth-order valence-electron chi connectivity index (χ4n) is 7.78. The van der Waals surface area contributed by atoms with Crippen LogP contribution >= 0.6 is 0 Å². The van der Waals surface area contributed by atoms with Crippen molar-refractivity contribution in [3.05, 3.63) is 182 Å². The molecule has 53 heavy (non-hydrogen) atoms. The molecule has 0 unspecified atom stereocenters. The van der Waals surface area contributed by atoms with Crippen LogP contribution in [-0.2, 0) is 0 Å². The third kappa shape index (κ3) is 5.40. The Morgan fingerprint density at radius 1 is 0.453 bits per heavy atom. The molecule has 0 saturated carbocycles. The van der Waals surface area contributed by atoms with Crippen LogP contribution in [0.5, 0.6) is 5.75 Å². The smallest absolute Gasteiger partial charge is 0.871 e. The SMILES string of the molecule is [Li+].[O-]c1cccc2cccnc12.c1ccc(-c2ccc(-c3ccc4c5ccc6ccccc6c5c5nc6ccccc6n5c4c3)c3ccccc23)cc1. The first kappa shape index (κ1) is 32.5. The summed E-state index contributed by atoms with van der Waals surface area (Å²) in [5.74, 6) is -0.0110. The van der Waals surface area contributed by atoms with Gasteiger partial charge in [0.15, 0.2) is 0 Å². The fraction of sp³-hybridized carbons (Fsp3) is 0. The molecule has 11 rings (SSSR count). The first-order valence-electron chi connectivity index (χ1n) is 17.5. The summed E-state index contributed by atoms with van der Waals surface area (Å²) in [5, 5.41) is 20.7. The average Bonchev–Trinajstić information content (AvgIpc) is 3.61. The zero-order valence-electron chi connectivity index (χ0n) is 29.1. The van der Waals surface area contributed by atoms with E-state index in [0.717, 1.165) is 22.1 Å². The summed E-state index contributed by atoms with van der Waals surface area (Å²) < 4.78 is 2.36. The molecule has 0 fully saturated rings. The second-order valence-electron chi connectivity index (χ2n) is 13.1. The molecule has 0 radical (unpaired) electrons. The van der Waals surface area contributed by atoms with Gasteiger partial charge in [0.1, 0.15) is 5.65 Å². The van der Waals surface area contributed by atoms with E-state index in [4.69, 9.17) is 4.98 Å². The Morgan fingerprint density at radius 3 is 1.92 bits per heavy atom. The van der Waals surface area contributed by atoms with Crippen molar-refractivity contribution in [1.82, 2.24) is 14.4 Å². The Morgan fingerprint density at radius 2 is 1.11 bits per heavy atom. The van der Waals surface area contributed by atoms with Gasteiger partial charge in [-0.1, -0.05) is 157 Å². The van der Waals surface area contributed by atoms with Gasteiger partial charge in [0, 0.05) is 17.0 Å². The van der Waals surface area contributed by atoms with Crippen LogP contribution in [0.25, 0.3) is 93.1 Å². The predicted molar refractivity (Wildman–Crippen MR) is 215 cm³/mol. The molecular weight excluding hydrogens is 641 g/mol. The summed E-state index contributed by atoms with van der Waals surface area (Å²) in [6.07, 6.45) is 1.63. The third-order valence-electron chi connectivity index (χ3n) is 10.2. The van der Waals surface area contributed by atoms with Gasteiger partial charge < -0.3 is 5.11 Å². The van der Waals surface area contributed by atoms with E-state index in [1.807, 2.05) is 18.2 Å². The van der Waals surface area contributed by atoms with Crippen LogP contribution in [0.3, 0.4) is 0 Å². The van der Waals surface area contributed by atoms with E-state index in [9.17, 15) is 5.11 Å². The van der Waals surface area contributed by atoms with Crippen LogP contribution in [0, 0.1) is 0 Å². The van der Waals surface area contributed by atoms with Gasteiger partial charge in [-0.2, -0.15) is 0 Å². The predicted octanol–water partition coefficient (Wildman–Crippen LogP) is 8.75. The van der Waals surface area contributed by atoms with Gasteiger partial charge in [0.2, 0.25) is 0 Å². The molecule has 0 N–H and O–H groups in total.